The molecule has 0 heterocycles. The van der Waals surface area contributed by atoms with E-state index in [1.165, 1.54) is 31.2 Å². The second-order valence-electron chi connectivity index (χ2n) is 5.65. The van der Waals surface area contributed by atoms with Crippen LogP contribution in [0.1, 0.15) is 37.3 Å². The number of hydrogen-bond donors (Lipinski definition) is 0. The van der Waals surface area contributed by atoms with Crippen molar-refractivity contribution in [3.05, 3.63) is 35.4 Å². The summed E-state index contributed by atoms with van der Waals surface area (Å²) >= 11 is 0. The molecular formula is C16H24Si. The van der Waals surface area contributed by atoms with Crippen molar-refractivity contribution >= 4 is 8.07 Å². The first-order chi connectivity index (χ1) is 8.01. The van der Waals surface area contributed by atoms with E-state index in [0.29, 0.717) is 0 Å². The van der Waals surface area contributed by atoms with Gasteiger partial charge in [-0.2, -0.15) is 0 Å². The highest BCUT2D eigenvalue weighted by atomic mass is 28.3. The van der Waals surface area contributed by atoms with Crippen molar-refractivity contribution in [2.75, 3.05) is 0 Å². The van der Waals surface area contributed by atoms with E-state index >= 15 is 0 Å². The number of unbranched alkanes of at least 4 members (excludes halogenated alkanes) is 2. The Bertz CT molecular complexity index is 384. The van der Waals surface area contributed by atoms with E-state index in [-0.39, 0.29) is 0 Å². The van der Waals surface area contributed by atoms with Crippen LogP contribution >= 0.6 is 0 Å². The smallest absolute Gasteiger partial charge is 0.127 e. The maximum Gasteiger partial charge on any atom is 0.129 e. The van der Waals surface area contributed by atoms with Crippen molar-refractivity contribution in [1.29, 1.82) is 0 Å². The molecule has 0 unspecified atom stereocenters. The van der Waals surface area contributed by atoms with Crippen molar-refractivity contribution < 1.29 is 0 Å². The van der Waals surface area contributed by atoms with Crippen LogP contribution in [0.3, 0.4) is 0 Å². The summed E-state index contributed by atoms with van der Waals surface area (Å²) in [6.45, 7) is 9.08. The quantitative estimate of drug-likeness (QED) is 0.411. The SMILES string of the molecule is CCCCCc1ccc(C#C[Si](C)(C)C)cc1. The molecule has 0 N–H and O–H groups in total. The van der Waals surface area contributed by atoms with E-state index in [1.807, 2.05) is 0 Å². The Morgan fingerprint density at radius 1 is 1.00 bits per heavy atom. The molecule has 0 radical (unpaired) electrons. The molecule has 0 saturated carbocycles. The van der Waals surface area contributed by atoms with E-state index < -0.39 is 8.07 Å². The zero-order valence-corrected chi connectivity index (χ0v) is 12.6. The summed E-state index contributed by atoms with van der Waals surface area (Å²) in [5.41, 5.74) is 6.00. The molecule has 1 rings (SSSR count). The highest BCUT2D eigenvalue weighted by Crippen LogP contribution is 2.08. The Kier molecular flexibility index (Phi) is 5.51. The maximum absolute atomic E-state index is 3.40. The molecule has 0 bridgehead atoms. The molecule has 92 valence electrons. The van der Waals surface area contributed by atoms with Crippen LogP contribution in [0.25, 0.3) is 0 Å². The average molecular weight is 244 g/mol. The van der Waals surface area contributed by atoms with E-state index in [1.54, 1.807) is 0 Å². The third-order valence-electron chi connectivity index (χ3n) is 2.60. The summed E-state index contributed by atoms with van der Waals surface area (Å²) < 4.78 is 0. The van der Waals surface area contributed by atoms with Gasteiger partial charge in [0.2, 0.25) is 0 Å². The predicted molar refractivity (Wildman–Crippen MR) is 79.9 cm³/mol. The van der Waals surface area contributed by atoms with Gasteiger partial charge in [0.25, 0.3) is 0 Å². The number of benzene rings is 1. The second-order valence-corrected chi connectivity index (χ2v) is 10.4. The van der Waals surface area contributed by atoms with Gasteiger partial charge in [-0.1, -0.05) is 57.5 Å². The van der Waals surface area contributed by atoms with Crippen LogP contribution in [0, 0.1) is 11.5 Å². The normalized spacial score (nSPS) is 10.8. The summed E-state index contributed by atoms with van der Waals surface area (Å²) in [6.07, 6.45) is 5.13. The van der Waals surface area contributed by atoms with Crippen molar-refractivity contribution in [2.45, 2.75) is 52.2 Å². The summed E-state index contributed by atoms with van der Waals surface area (Å²) in [6, 6.07) is 8.77. The topological polar surface area (TPSA) is 0 Å². The van der Waals surface area contributed by atoms with Gasteiger partial charge in [-0.15, -0.1) is 5.54 Å². The number of aryl methyl sites for hydroxylation is 1. The lowest BCUT2D eigenvalue weighted by Gasteiger charge is -2.04. The zero-order chi connectivity index (χ0) is 12.7. The molecule has 1 aromatic carbocycles. The molecule has 0 fully saturated rings. The molecule has 0 atom stereocenters. The summed E-state index contributed by atoms with van der Waals surface area (Å²) in [5.74, 6) is 3.29. The third kappa shape index (κ3) is 6.34. The highest BCUT2D eigenvalue weighted by Gasteiger charge is 2.07. The van der Waals surface area contributed by atoms with Crippen LogP contribution in [0.5, 0.6) is 0 Å². The van der Waals surface area contributed by atoms with Gasteiger partial charge >= 0.3 is 0 Å². The van der Waals surface area contributed by atoms with Crippen LogP contribution in [-0.2, 0) is 6.42 Å². The zero-order valence-electron chi connectivity index (χ0n) is 11.6. The molecule has 0 saturated heterocycles. The third-order valence-corrected chi connectivity index (χ3v) is 3.48. The van der Waals surface area contributed by atoms with Crippen LogP contribution in [0.2, 0.25) is 19.6 Å². The van der Waals surface area contributed by atoms with Gasteiger partial charge in [0.15, 0.2) is 0 Å². The minimum Gasteiger partial charge on any atom is -0.127 e. The van der Waals surface area contributed by atoms with Gasteiger partial charge in [0, 0.05) is 5.56 Å². The lowest BCUT2D eigenvalue weighted by atomic mass is 10.1. The minimum atomic E-state index is -1.24. The van der Waals surface area contributed by atoms with Crippen molar-refractivity contribution in [2.24, 2.45) is 0 Å². The molecule has 0 aliphatic rings. The number of rotatable bonds is 4. The molecule has 17 heavy (non-hydrogen) atoms. The van der Waals surface area contributed by atoms with Crippen LogP contribution in [-0.4, -0.2) is 8.07 Å². The van der Waals surface area contributed by atoms with Crippen LogP contribution < -0.4 is 0 Å². The van der Waals surface area contributed by atoms with E-state index in [4.69, 9.17) is 0 Å². The first-order valence-corrected chi connectivity index (χ1v) is 10.1. The van der Waals surface area contributed by atoms with Gasteiger partial charge in [0.05, 0.1) is 0 Å². The summed E-state index contributed by atoms with van der Waals surface area (Å²) in [4.78, 5) is 0. The average Bonchev–Trinajstić information content (AvgIpc) is 2.27. The Morgan fingerprint density at radius 3 is 2.18 bits per heavy atom. The molecule has 0 spiro atoms. The van der Waals surface area contributed by atoms with Gasteiger partial charge in [-0.05, 0) is 30.5 Å². The molecule has 0 amide bonds. The molecule has 0 aliphatic carbocycles. The Hall–Kier alpha value is -1.00. The Morgan fingerprint density at radius 2 is 1.65 bits per heavy atom. The Balaban J connectivity index is 2.58. The first kappa shape index (κ1) is 14.1. The van der Waals surface area contributed by atoms with Gasteiger partial charge < -0.3 is 0 Å². The lowest BCUT2D eigenvalue weighted by Crippen LogP contribution is -2.16. The fraction of sp³-hybridized carbons (Fsp3) is 0.500. The lowest BCUT2D eigenvalue weighted by molar-refractivity contribution is 0.717. The van der Waals surface area contributed by atoms with E-state index in [9.17, 15) is 0 Å². The fourth-order valence-electron chi connectivity index (χ4n) is 1.59. The molecular weight excluding hydrogens is 220 g/mol. The summed E-state index contributed by atoms with van der Waals surface area (Å²) in [5, 5.41) is 0. The predicted octanol–water partition coefficient (Wildman–Crippen LogP) is 4.65. The first-order valence-electron chi connectivity index (χ1n) is 6.63. The van der Waals surface area contributed by atoms with Gasteiger partial charge in [0.1, 0.15) is 8.07 Å². The van der Waals surface area contributed by atoms with Crippen LogP contribution in [0.4, 0.5) is 0 Å². The standard InChI is InChI=1S/C16H24Si/c1-5-6-7-8-15-9-11-16(12-10-15)13-14-17(2,3)4/h9-12H,5-8H2,1-4H3. The fourth-order valence-corrected chi connectivity index (χ4v) is 2.11. The monoisotopic (exact) mass is 244 g/mol. The maximum atomic E-state index is 3.40. The molecule has 1 heteroatoms. The summed E-state index contributed by atoms with van der Waals surface area (Å²) in [7, 11) is -1.24. The van der Waals surface area contributed by atoms with Crippen molar-refractivity contribution in [1.82, 2.24) is 0 Å². The largest absolute Gasteiger partial charge is 0.129 e. The van der Waals surface area contributed by atoms with Crippen LogP contribution in [0.15, 0.2) is 24.3 Å². The minimum absolute atomic E-state index is 1.16. The van der Waals surface area contributed by atoms with E-state index in [0.717, 1.165) is 5.56 Å². The molecule has 0 aromatic heterocycles. The highest BCUT2D eigenvalue weighted by molar-refractivity contribution is 6.83. The van der Waals surface area contributed by atoms with Gasteiger partial charge in [-0.25, -0.2) is 0 Å². The second kappa shape index (κ2) is 6.66. The van der Waals surface area contributed by atoms with E-state index in [2.05, 4.69) is 62.3 Å². The number of hydrogen-bond acceptors (Lipinski definition) is 0. The Labute approximate surface area is 107 Å². The van der Waals surface area contributed by atoms with Crippen molar-refractivity contribution in [3.63, 3.8) is 0 Å². The molecule has 0 aliphatic heterocycles. The van der Waals surface area contributed by atoms with Crippen molar-refractivity contribution in [3.8, 4) is 11.5 Å². The molecule has 0 nitrogen and oxygen atoms in total. The molecule has 1 aromatic rings. The van der Waals surface area contributed by atoms with Gasteiger partial charge in [-0.3, -0.25) is 0 Å².